The molecule has 2 aromatic rings. The summed E-state index contributed by atoms with van der Waals surface area (Å²) in [7, 11) is 0. The minimum absolute atomic E-state index is 0.129. The summed E-state index contributed by atoms with van der Waals surface area (Å²) in [5.41, 5.74) is 1.94. The number of benzene rings is 2. The van der Waals surface area contributed by atoms with Gasteiger partial charge >= 0.3 is 0 Å². The van der Waals surface area contributed by atoms with Crippen LogP contribution in [0.25, 0.3) is 0 Å². The number of amides is 3. The van der Waals surface area contributed by atoms with Crippen molar-refractivity contribution < 1.29 is 14.4 Å². The highest BCUT2D eigenvalue weighted by atomic mass is 35.5. The Morgan fingerprint density at radius 2 is 1.96 bits per heavy atom. The molecule has 140 valence electrons. The van der Waals surface area contributed by atoms with Gasteiger partial charge in [0.2, 0.25) is 11.8 Å². The van der Waals surface area contributed by atoms with Crippen molar-refractivity contribution in [2.45, 2.75) is 19.4 Å². The lowest BCUT2D eigenvalue weighted by Gasteiger charge is -2.34. The van der Waals surface area contributed by atoms with E-state index >= 15 is 0 Å². The molecular weight excluding hydrogens is 366 g/mol. The molecule has 3 rings (SSSR count). The maximum absolute atomic E-state index is 12.8. The van der Waals surface area contributed by atoms with Gasteiger partial charge in [0, 0.05) is 29.4 Å². The smallest absolute Gasteiger partial charge is 0.254 e. The number of carbonyl (C=O) groups is 3. The van der Waals surface area contributed by atoms with E-state index in [0.29, 0.717) is 29.4 Å². The van der Waals surface area contributed by atoms with Gasteiger partial charge in [0.1, 0.15) is 6.04 Å². The fourth-order valence-corrected chi connectivity index (χ4v) is 3.19. The van der Waals surface area contributed by atoms with Crippen LogP contribution in [-0.4, -0.2) is 41.8 Å². The van der Waals surface area contributed by atoms with Crippen molar-refractivity contribution in [2.75, 3.05) is 18.4 Å². The molecule has 3 amide bonds. The van der Waals surface area contributed by atoms with E-state index in [2.05, 4.69) is 10.6 Å². The Balaban J connectivity index is 1.75. The van der Waals surface area contributed by atoms with Crippen LogP contribution in [0.15, 0.2) is 48.5 Å². The fourth-order valence-electron chi connectivity index (χ4n) is 3.01. The van der Waals surface area contributed by atoms with Gasteiger partial charge in [0.05, 0.1) is 6.42 Å². The number of nitrogens with one attached hydrogen (secondary N) is 2. The van der Waals surface area contributed by atoms with Crippen LogP contribution < -0.4 is 10.6 Å². The lowest BCUT2D eigenvalue weighted by atomic mass is 10.1. The Kier molecular flexibility index (Phi) is 5.76. The number of hydrogen-bond acceptors (Lipinski definition) is 3. The molecule has 0 aliphatic carbocycles. The van der Waals surface area contributed by atoms with Gasteiger partial charge in [0.15, 0.2) is 0 Å². The van der Waals surface area contributed by atoms with E-state index in [1.807, 2.05) is 13.0 Å². The molecule has 1 heterocycles. The number of halogens is 1. The Bertz CT molecular complexity index is 870. The predicted molar refractivity (Wildman–Crippen MR) is 104 cm³/mol. The minimum Gasteiger partial charge on any atom is -0.353 e. The molecule has 1 saturated heterocycles. The Labute approximate surface area is 162 Å². The van der Waals surface area contributed by atoms with Crippen molar-refractivity contribution in [3.63, 3.8) is 0 Å². The van der Waals surface area contributed by atoms with Crippen molar-refractivity contribution in [2.24, 2.45) is 0 Å². The number of anilines is 1. The van der Waals surface area contributed by atoms with Crippen LogP contribution >= 0.6 is 11.6 Å². The van der Waals surface area contributed by atoms with Crippen LogP contribution in [0, 0.1) is 6.92 Å². The zero-order valence-electron chi connectivity index (χ0n) is 14.9. The maximum atomic E-state index is 12.8. The highest BCUT2D eigenvalue weighted by molar-refractivity contribution is 6.31. The Morgan fingerprint density at radius 1 is 1.22 bits per heavy atom. The average Bonchev–Trinajstić information content (AvgIpc) is 2.66. The Hall–Kier alpha value is -2.86. The average molecular weight is 386 g/mol. The summed E-state index contributed by atoms with van der Waals surface area (Å²) in [6.45, 7) is 2.57. The van der Waals surface area contributed by atoms with Gasteiger partial charge in [-0.05, 0) is 36.8 Å². The molecule has 0 aromatic heterocycles. The van der Waals surface area contributed by atoms with Gasteiger partial charge in [-0.1, -0.05) is 35.9 Å². The molecule has 1 fully saturated rings. The van der Waals surface area contributed by atoms with E-state index in [9.17, 15) is 14.4 Å². The van der Waals surface area contributed by atoms with Crippen molar-refractivity contribution in [3.8, 4) is 0 Å². The molecule has 1 aliphatic rings. The second kappa shape index (κ2) is 8.22. The quantitative estimate of drug-likeness (QED) is 0.849. The zero-order chi connectivity index (χ0) is 19.4. The molecule has 0 saturated carbocycles. The summed E-state index contributed by atoms with van der Waals surface area (Å²) in [6.07, 6.45) is -0.129. The zero-order valence-corrected chi connectivity index (χ0v) is 15.6. The maximum Gasteiger partial charge on any atom is 0.254 e. The molecule has 27 heavy (non-hydrogen) atoms. The van der Waals surface area contributed by atoms with Crippen LogP contribution in [-0.2, 0) is 9.59 Å². The molecule has 1 aliphatic heterocycles. The van der Waals surface area contributed by atoms with E-state index in [-0.39, 0.29) is 24.1 Å². The van der Waals surface area contributed by atoms with Gasteiger partial charge < -0.3 is 15.5 Å². The summed E-state index contributed by atoms with van der Waals surface area (Å²) >= 11 is 5.98. The van der Waals surface area contributed by atoms with Crippen LogP contribution in [0.4, 0.5) is 5.69 Å². The van der Waals surface area contributed by atoms with Gasteiger partial charge in [0.25, 0.3) is 5.91 Å². The van der Waals surface area contributed by atoms with E-state index in [0.717, 1.165) is 5.56 Å². The monoisotopic (exact) mass is 385 g/mol. The summed E-state index contributed by atoms with van der Waals surface area (Å²) in [6, 6.07) is 13.1. The van der Waals surface area contributed by atoms with Crippen molar-refractivity contribution in [1.82, 2.24) is 10.2 Å². The number of hydrogen-bond donors (Lipinski definition) is 2. The fraction of sp³-hybridized carbons (Fsp3) is 0.250. The number of aryl methyl sites for hydroxylation is 1. The molecular formula is C20H20ClN3O3. The molecule has 0 unspecified atom stereocenters. The topological polar surface area (TPSA) is 78.5 Å². The second-order valence-corrected chi connectivity index (χ2v) is 6.82. The van der Waals surface area contributed by atoms with E-state index < -0.39 is 6.04 Å². The van der Waals surface area contributed by atoms with E-state index in [1.165, 1.54) is 4.90 Å². The number of rotatable bonds is 4. The normalized spacial score (nSPS) is 16.6. The molecule has 0 radical (unpaired) electrons. The third kappa shape index (κ3) is 4.46. The number of carbonyl (C=O) groups excluding carboxylic acids is 3. The molecule has 1 atom stereocenters. The highest BCUT2D eigenvalue weighted by Crippen LogP contribution is 2.21. The highest BCUT2D eigenvalue weighted by Gasteiger charge is 2.35. The first-order valence-electron chi connectivity index (χ1n) is 8.65. The third-order valence-electron chi connectivity index (χ3n) is 4.46. The second-order valence-electron chi connectivity index (χ2n) is 6.38. The minimum atomic E-state index is -0.856. The van der Waals surface area contributed by atoms with Gasteiger partial charge in [-0.2, -0.15) is 0 Å². The van der Waals surface area contributed by atoms with Crippen molar-refractivity contribution in [3.05, 3.63) is 64.7 Å². The summed E-state index contributed by atoms with van der Waals surface area (Å²) in [4.78, 5) is 39.1. The first-order chi connectivity index (χ1) is 13.0. The van der Waals surface area contributed by atoms with Crippen molar-refractivity contribution >= 4 is 35.0 Å². The lowest BCUT2D eigenvalue weighted by molar-refractivity contribution is -0.131. The molecule has 0 bridgehead atoms. The van der Waals surface area contributed by atoms with E-state index in [4.69, 9.17) is 11.6 Å². The van der Waals surface area contributed by atoms with E-state index in [1.54, 1.807) is 42.5 Å². The lowest BCUT2D eigenvalue weighted by Crippen LogP contribution is -2.58. The van der Waals surface area contributed by atoms with Crippen LogP contribution in [0.2, 0.25) is 5.02 Å². The SMILES string of the molecule is Cc1ccc(Cl)cc1NC(=O)C[C@@H]1C(=O)NCCN1C(=O)c1ccccc1. The summed E-state index contributed by atoms with van der Waals surface area (Å²) < 4.78 is 0. The first kappa shape index (κ1) is 18.9. The largest absolute Gasteiger partial charge is 0.353 e. The standard InChI is InChI=1S/C20H20ClN3O3/c1-13-7-8-15(21)11-16(13)23-18(25)12-17-19(26)22-9-10-24(17)20(27)14-5-3-2-4-6-14/h2-8,11,17H,9-10,12H2,1H3,(H,22,26)(H,23,25)/t17-/m1/s1. The number of nitrogens with zero attached hydrogens (tertiary/aromatic N) is 1. The molecule has 0 spiro atoms. The van der Waals surface area contributed by atoms with Crippen molar-refractivity contribution in [1.29, 1.82) is 0 Å². The Morgan fingerprint density at radius 3 is 2.70 bits per heavy atom. The third-order valence-corrected chi connectivity index (χ3v) is 4.70. The van der Waals surface area contributed by atoms with Gasteiger partial charge in [-0.3, -0.25) is 14.4 Å². The molecule has 7 heteroatoms. The number of piperazine rings is 1. The summed E-state index contributed by atoms with van der Waals surface area (Å²) in [5.74, 6) is -0.945. The van der Waals surface area contributed by atoms with Gasteiger partial charge in [-0.25, -0.2) is 0 Å². The molecule has 6 nitrogen and oxygen atoms in total. The first-order valence-corrected chi connectivity index (χ1v) is 9.03. The van der Waals surface area contributed by atoms with Crippen LogP contribution in [0.1, 0.15) is 22.3 Å². The molecule has 2 N–H and O–H groups in total. The van der Waals surface area contributed by atoms with Crippen LogP contribution in [0.5, 0.6) is 0 Å². The predicted octanol–water partition coefficient (Wildman–Crippen LogP) is 2.62. The summed E-state index contributed by atoms with van der Waals surface area (Å²) in [5, 5.41) is 6.01. The molecule has 2 aromatic carbocycles. The van der Waals surface area contributed by atoms with Gasteiger partial charge in [-0.15, -0.1) is 0 Å². The van der Waals surface area contributed by atoms with Crippen LogP contribution in [0.3, 0.4) is 0 Å².